The number of amides is 2. The topological polar surface area (TPSA) is 43.9 Å². The van der Waals surface area contributed by atoms with Crippen molar-refractivity contribution in [1.82, 2.24) is 0 Å². The van der Waals surface area contributed by atoms with Crippen molar-refractivity contribution >= 4 is 52.3 Å². The van der Waals surface area contributed by atoms with Crippen LogP contribution >= 0.6 is 12.2 Å². The van der Waals surface area contributed by atoms with E-state index in [1.54, 1.807) is 6.08 Å². The number of hydrogen-bond acceptors (Lipinski definition) is 4. The molecule has 5 nitrogen and oxygen atoms in total. The number of anilines is 3. The Morgan fingerprint density at radius 2 is 1.29 bits per heavy atom. The van der Waals surface area contributed by atoms with Crippen LogP contribution in [0.15, 0.2) is 84.4 Å². The number of rotatable bonds is 6. The van der Waals surface area contributed by atoms with Crippen LogP contribution in [-0.4, -0.2) is 30.0 Å². The second-order valence-corrected chi connectivity index (χ2v) is 8.42. The summed E-state index contributed by atoms with van der Waals surface area (Å²) >= 11 is 5.67. The molecule has 0 unspecified atom stereocenters. The molecule has 1 heterocycles. The zero-order valence-electron chi connectivity index (χ0n) is 19.6. The van der Waals surface area contributed by atoms with Gasteiger partial charge >= 0.3 is 0 Å². The van der Waals surface area contributed by atoms with Gasteiger partial charge in [-0.2, -0.15) is 0 Å². The predicted molar refractivity (Wildman–Crippen MR) is 143 cm³/mol. The maximum absolute atomic E-state index is 13.6. The molecule has 0 saturated carbocycles. The van der Waals surface area contributed by atoms with Gasteiger partial charge in [-0.25, -0.2) is 0 Å². The highest BCUT2D eigenvalue weighted by Gasteiger charge is 2.41. The molecule has 0 radical (unpaired) electrons. The summed E-state index contributed by atoms with van der Waals surface area (Å²) in [7, 11) is 0. The van der Waals surface area contributed by atoms with Gasteiger partial charge in [0.15, 0.2) is 5.11 Å². The average Bonchev–Trinajstić information content (AvgIpc) is 2.85. The molecule has 0 aromatic heterocycles. The van der Waals surface area contributed by atoms with Gasteiger partial charge in [0.25, 0.3) is 11.8 Å². The first-order valence-corrected chi connectivity index (χ1v) is 11.8. The molecule has 3 aromatic rings. The van der Waals surface area contributed by atoms with Crippen LogP contribution in [-0.2, 0) is 9.59 Å². The summed E-state index contributed by atoms with van der Waals surface area (Å²) in [5, 5.41) is 0.138. The minimum atomic E-state index is -0.433. The predicted octanol–water partition coefficient (Wildman–Crippen LogP) is 5.59. The minimum Gasteiger partial charge on any atom is -0.372 e. The fourth-order valence-electron chi connectivity index (χ4n) is 3.99. The maximum atomic E-state index is 13.6. The number of nitrogens with zero attached hydrogens (tertiary/aromatic N) is 3. The zero-order valence-corrected chi connectivity index (χ0v) is 20.4. The van der Waals surface area contributed by atoms with Gasteiger partial charge in [0.05, 0.1) is 11.4 Å². The molecule has 1 fully saturated rings. The second kappa shape index (κ2) is 10.0. The maximum Gasteiger partial charge on any atom is 0.270 e. The number of hydrogen-bond donors (Lipinski definition) is 0. The van der Waals surface area contributed by atoms with Crippen LogP contribution in [0.3, 0.4) is 0 Å². The number of carbonyl (C=O) groups is 2. The highest BCUT2D eigenvalue weighted by atomic mass is 32.1. The van der Waals surface area contributed by atoms with E-state index < -0.39 is 11.8 Å². The molecule has 1 saturated heterocycles. The van der Waals surface area contributed by atoms with Crippen LogP contribution < -0.4 is 14.7 Å². The van der Waals surface area contributed by atoms with Gasteiger partial charge in [-0.1, -0.05) is 48.0 Å². The second-order valence-electron chi connectivity index (χ2n) is 8.06. The summed E-state index contributed by atoms with van der Waals surface area (Å²) in [6, 6.07) is 24.6. The van der Waals surface area contributed by atoms with Crippen molar-refractivity contribution in [3.05, 3.63) is 95.6 Å². The summed E-state index contributed by atoms with van der Waals surface area (Å²) in [6.07, 6.45) is 1.65. The van der Waals surface area contributed by atoms with Crippen molar-refractivity contribution < 1.29 is 9.59 Å². The van der Waals surface area contributed by atoms with E-state index in [-0.39, 0.29) is 10.7 Å². The Hall–Kier alpha value is -3.77. The minimum absolute atomic E-state index is 0.0635. The molecule has 4 rings (SSSR count). The van der Waals surface area contributed by atoms with Gasteiger partial charge in [-0.3, -0.25) is 19.4 Å². The van der Waals surface area contributed by atoms with Crippen LogP contribution in [0.5, 0.6) is 0 Å². The Kier molecular flexibility index (Phi) is 6.89. The lowest BCUT2D eigenvalue weighted by atomic mass is 10.0. The third kappa shape index (κ3) is 4.50. The quantitative estimate of drug-likeness (QED) is 0.268. The van der Waals surface area contributed by atoms with Crippen molar-refractivity contribution in [2.75, 3.05) is 27.8 Å². The number of carbonyl (C=O) groups excluding carboxylic acids is 2. The summed E-state index contributed by atoms with van der Waals surface area (Å²) in [4.78, 5) is 32.3. The molecule has 6 heteroatoms. The lowest BCUT2D eigenvalue weighted by Gasteiger charge is -2.36. The van der Waals surface area contributed by atoms with Gasteiger partial charge in [0, 0.05) is 18.8 Å². The third-order valence-corrected chi connectivity index (χ3v) is 6.25. The van der Waals surface area contributed by atoms with Crippen LogP contribution in [0.4, 0.5) is 17.1 Å². The molecule has 172 valence electrons. The smallest absolute Gasteiger partial charge is 0.270 e. The van der Waals surface area contributed by atoms with E-state index >= 15 is 0 Å². The lowest BCUT2D eigenvalue weighted by molar-refractivity contribution is -0.120. The van der Waals surface area contributed by atoms with Gasteiger partial charge in [-0.05, 0) is 81.0 Å². The first-order chi connectivity index (χ1) is 16.4. The molecule has 0 N–H and O–H groups in total. The third-order valence-electron chi connectivity index (χ3n) is 5.89. The van der Waals surface area contributed by atoms with Crippen LogP contribution in [0.1, 0.15) is 25.0 Å². The Bertz CT molecular complexity index is 1230. The van der Waals surface area contributed by atoms with Gasteiger partial charge in [-0.15, -0.1) is 0 Å². The SMILES string of the molecule is CCN(CC)c1ccc(/C=C2\C(=O)N(c3ccccc3)C(=S)N(c3ccc(C)cc3)C2=O)cc1. The van der Waals surface area contributed by atoms with Gasteiger partial charge < -0.3 is 4.90 Å². The Morgan fingerprint density at radius 1 is 0.765 bits per heavy atom. The van der Waals surface area contributed by atoms with Crippen LogP contribution in [0, 0.1) is 6.92 Å². The fraction of sp³-hybridized carbons (Fsp3) is 0.179. The molecule has 34 heavy (non-hydrogen) atoms. The molecular weight excluding hydrogens is 442 g/mol. The molecule has 0 spiro atoms. The molecule has 1 aliphatic rings. The number of benzene rings is 3. The molecule has 3 aromatic carbocycles. The first-order valence-electron chi connectivity index (χ1n) is 11.4. The summed E-state index contributed by atoms with van der Waals surface area (Å²) in [5.74, 6) is -0.865. The van der Waals surface area contributed by atoms with E-state index in [2.05, 4.69) is 18.7 Å². The highest BCUT2D eigenvalue weighted by molar-refractivity contribution is 7.81. The Morgan fingerprint density at radius 3 is 1.82 bits per heavy atom. The van der Waals surface area contributed by atoms with E-state index in [0.717, 1.165) is 29.9 Å². The summed E-state index contributed by atoms with van der Waals surface area (Å²) in [5.41, 5.74) is 4.24. The van der Waals surface area contributed by atoms with E-state index in [0.29, 0.717) is 11.4 Å². The molecule has 0 bridgehead atoms. The van der Waals surface area contributed by atoms with E-state index in [9.17, 15) is 9.59 Å². The Balaban J connectivity index is 1.79. The number of thiocarbonyl (C=S) groups is 1. The van der Waals surface area contributed by atoms with Crippen molar-refractivity contribution in [1.29, 1.82) is 0 Å². The van der Waals surface area contributed by atoms with Crippen molar-refractivity contribution in [2.45, 2.75) is 20.8 Å². The van der Waals surface area contributed by atoms with Crippen molar-refractivity contribution in [2.24, 2.45) is 0 Å². The van der Waals surface area contributed by atoms with Crippen LogP contribution in [0.2, 0.25) is 0 Å². The molecular formula is C28H27N3O2S. The number of aryl methyl sites for hydroxylation is 1. The summed E-state index contributed by atoms with van der Waals surface area (Å²) in [6.45, 7) is 8.01. The normalized spacial score (nSPS) is 15.3. The van der Waals surface area contributed by atoms with Crippen molar-refractivity contribution in [3.63, 3.8) is 0 Å². The average molecular weight is 470 g/mol. The molecule has 0 atom stereocenters. The largest absolute Gasteiger partial charge is 0.372 e. The van der Waals surface area contributed by atoms with Gasteiger partial charge in [0.1, 0.15) is 5.57 Å². The van der Waals surface area contributed by atoms with Crippen molar-refractivity contribution in [3.8, 4) is 0 Å². The van der Waals surface area contributed by atoms with Gasteiger partial charge in [0.2, 0.25) is 0 Å². The molecule has 1 aliphatic heterocycles. The van der Waals surface area contributed by atoms with E-state index in [4.69, 9.17) is 12.2 Å². The van der Waals surface area contributed by atoms with E-state index in [1.807, 2.05) is 85.8 Å². The summed E-state index contributed by atoms with van der Waals surface area (Å²) < 4.78 is 0. The molecule has 2 amide bonds. The monoisotopic (exact) mass is 469 g/mol. The highest BCUT2D eigenvalue weighted by Crippen LogP contribution is 2.30. The standard InChI is InChI=1S/C28H27N3O2S/c1-4-29(5-2)22-17-13-21(14-18-22)19-25-26(32)30(23-9-7-6-8-10-23)28(34)31(27(25)33)24-15-11-20(3)12-16-24/h6-19H,4-5H2,1-3H3/b25-19+. The fourth-order valence-corrected chi connectivity index (χ4v) is 4.37. The molecule has 0 aliphatic carbocycles. The lowest BCUT2D eigenvalue weighted by Crippen LogP contribution is -2.56. The zero-order chi connectivity index (χ0) is 24.2. The van der Waals surface area contributed by atoms with E-state index in [1.165, 1.54) is 9.80 Å². The van der Waals surface area contributed by atoms with Crippen LogP contribution in [0.25, 0.3) is 6.08 Å². The Labute approximate surface area is 205 Å². The first kappa shape index (κ1) is 23.4. The number of para-hydroxylation sites is 1.